The minimum atomic E-state index is -1.01. The first-order valence-corrected chi connectivity index (χ1v) is 8.31. The molecule has 4 N–H and O–H groups in total. The van der Waals surface area contributed by atoms with Crippen LogP contribution in [-0.2, 0) is 0 Å². The van der Waals surface area contributed by atoms with E-state index in [9.17, 15) is 9.59 Å². The first-order chi connectivity index (χ1) is 11.3. The molecule has 0 amide bonds. The van der Waals surface area contributed by atoms with Crippen LogP contribution in [-0.4, -0.2) is 21.0 Å². The zero-order valence-electron chi connectivity index (χ0n) is 12.5. The number of halogens is 2. The van der Waals surface area contributed by atoms with Gasteiger partial charge in [-0.3, -0.25) is 4.79 Å². The number of rotatable bonds is 1. The highest BCUT2D eigenvalue weighted by atomic mass is 79.9. The van der Waals surface area contributed by atoms with Crippen molar-refractivity contribution in [3.05, 3.63) is 67.1 Å². The average molecular weight is 455 g/mol. The van der Waals surface area contributed by atoms with Crippen molar-refractivity contribution in [1.29, 1.82) is 0 Å². The van der Waals surface area contributed by atoms with Gasteiger partial charge in [0.1, 0.15) is 5.82 Å². The fraction of sp³-hybridized carbons (Fsp3) is 0.0625. The predicted molar refractivity (Wildman–Crippen MR) is 100 cm³/mol. The molecule has 24 heavy (non-hydrogen) atoms. The van der Waals surface area contributed by atoms with Crippen LogP contribution in [0.5, 0.6) is 0 Å². The largest absolute Gasteiger partial charge is 0.478 e. The number of carbonyl (C=O) groups is 1. The number of H-pyrrole nitrogens is 1. The van der Waals surface area contributed by atoms with Crippen LogP contribution < -0.4 is 11.3 Å². The third-order valence-electron chi connectivity index (χ3n) is 3.03. The number of nitrogens with one attached hydrogen (secondary N) is 1. The molecule has 3 aromatic rings. The molecule has 0 bridgehead atoms. The lowest BCUT2D eigenvalue weighted by Gasteiger charge is -1.99. The Morgan fingerprint density at radius 1 is 1.17 bits per heavy atom. The summed E-state index contributed by atoms with van der Waals surface area (Å²) in [5.41, 5.74) is 6.42. The van der Waals surface area contributed by atoms with E-state index in [2.05, 4.69) is 41.8 Å². The van der Waals surface area contributed by atoms with Gasteiger partial charge in [0, 0.05) is 14.6 Å². The van der Waals surface area contributed by atoms with Gasteiger partial charge in [0.05, 0.1) is 16.5 Å². The van der Waals surface area contributed by atoms with Crippen molar-refractivity contribution in [3.63, 3.8) is 0 Å². The van der Waals surface area contributed by atoms with Crippen LogP contribution in [0.3, 0.4) is 0 Å². The highest BCUT2D eigenvalue weighted by molar-refractivity contribution is 9.10. The van der Waals surface area contributed by atoms with Crippen molar-refractivity contribution < 1.29 is 9.90 Å². The number of aromatic amines is 1. The van der Waals surface area contributed by atoms with Gasteiger partial charge in [0.15, 0.2) is 0 Å². The minimum absolute atomic E-state index is 0.0937. The molecule has 124 valence electrons. The molecule has 8 heteroatoms. The van der Waals surface area contributed by atoms with Gasteiger partial charge in [-0.2, -0.15) is 0 Å². The maximum absolute atomic E-state index is 11.4. The molecule has 1 heterocycles. The van der Waals surface area contributed by atoms with Crippen LogP contribution >= 0.6 is 31.9 Å². The zero-order chi connectivity index (χ0) is 17.9. The number of hydrogen-bond donors (Lipinski definition) is 3. The number of nitrogen functional groups attached to an aromatic ring is 1. The van der Waals surface area contributed by atoms with E-state index < -0.39 is 5.97 Å². The molecule has 0 fully saturated rings. The molecule has 0 atom stereocenters. The fourth-order valence-corrected chi connectivity index (χ4v) is 2.66. The van der Waals surface area contributed by atoms with Crippen molar-refractivity contribution >= 4 is 54.4 Å². The van der Waals surface area contributed by atoms with Crippen LogP contribution in [0.25, 0.3) is 10.9 Å². The van der Waals surface area contributed by atoms with E-state index in [4.69, 9.17) is 10.8 Å². The number of anilines is 1. The molecule has 0 aliphatic heterocycles. The smallest absolute Gasteiger partial charge is 0.337 e. The number of aromatic nitrogens is 2. The highest BCUT2D eigenvalue weighted by Gasteiger charge is 2.06. The Hall–Kier alpha value is -2.19. The standard InChI is InChI=1S/C9H7BrN2O.C7H6BrNO2/c1-5-11-8-3-2-6(10)4-7(8)9(13)12-5;8-4-1-2-6(9)5(3-4)7(10)11/h2-4H,1H3,(H,11,12,13);1-3H,9H2,(H,10,11). The zero-order valence-corrected chi connectivity index (χ0v) is 15.7. The number of aromatic carboxylic acids is 1. The maximum Gasteiger partial charge on any atom is 0.337 e. The molecule has 0 unspecified atom stereocenters. The summed E-state index contributed by atoms with van der Waals surface area (Å²) in [6.07, 6.45) is 0. The first-order valence-electron chi connectivity index (χ1n) is 6.72. The molecule has 1 aromatic heterocycles. The molecule has 0 saturated heterocycles. The molecule has 3 rings (SSSR count). The highest BCUT2D eigenvalue weighted by Crippen LogP contribution is 2.18. The van der Waals surface area contributed by atoms with Crippen molar-refractivity contribution in [2.75, 3.05) is 5.73 Å². The van der Waals surface area contributed by atoms with Gasteiger partial charge >= 0.3 is 5.97 Å². The van der Waals surface area contributed by atoms with Gasteiger partial charge < -0.3 is 15.8 Å². The van der Waals surface area contributed by atoms with Crippen LogP contribution in [0.1, 0.15) is 16.2 Å². The Balaban J connectivity index is 0.000000177. The maximum atomic E-state index is 11.4. The molecule has 0 spiro atoms. The molecule has 0 aliphatic rings. The number of hydrogen-bond acceptors (Lipinski definition) is 4. The van der Waals surface area contributed by atoms with Gasteiger partial charge in [0.25, 0.3) is 5.56 Å². The van der Waals surface area contributed by atoms with Gasteiger partial charge in [-0.1, -0.05) is 31.9 Å². The molecule has 0 aliphatic carbocycles. The molecular formula is C16H13Br2N3O3. The first kappa shape index (κ1) is 18.2. The van der Waals surface area contributed by atoms with Crippen molar-refractivity contribution in [3.8, 4) is 0 Å². The Bertz CT molecular complexity index is 970. The second-order valence-corrected chi connectivity index (χ2v) is 6.68. The second-order valence-electron chi connectivity index (χ2n) is 4.85. The number of aryl methyl sites for hydroxylation is 1. The third kappa shape index (κ3) is 4.42. The minimum Gasteiger partial charge on any atom is -0.478 e. The van der Waals surface area contributed by atoms with E-state index in [1.165, 1.54) is 6.07 Å². The van der Waals surface area contributed by atoms with Gasteiger partial charge in [0.2, 0.25) is 0 Å². The SMILES string of the molecule is Cc1nc2ccc(Br)cc2c(=O)[nH]1.Nc1ccc(Br)cc1C(=O)O. The summed E-state index contributed by atoms with van der Waals surface area (Å²) >= 11 is 6.45. The summed E-state index contributed by atoms with van der Waals surface area (Å²) in [5, 5.41) is 9.20. The van der Waals surface area contributed by atoms with E-state index in [0.29, 0.717) is 15.7 Å². The van der Waals surface area contributed by atoms with E-state index >= 15 is 0 Å². The molecule has 0 saturated carbocycles. The lowest BCUT2D eigenvalue weighted by Crippen LogP contribution is -2.09. The quantitative estimate of drug-likeness (QED) is 0.485. The number of carboxylic acids is 1. The number of fused-ring (bicyclic) bond motifs is 1. The lowest BCUT2D eigenvalue weighted by molar-refractivity contribution is 0.0698. The lowest BCUT2D eigenvalue weighted by atomic mass is 10.2. The van der Waals surface area contributed by atoms with Crippen molar-refractivity contribution in [2.24, 2.45) is 0 Å². The van der Waals surface area contributed by atoms with Crippen LogP contribution in [0.4, 0.5) is 5.69 Å². The number of carboxylic acid groups (broad SMARTS) is 1. The average Bonchev–Trinajstić information content (AvgIpc) is 2.51. The molecule has 6 nitrogen and oxygen atoms in total. The molecular weight excluding hydrogens is 442 g/mol. The number of nitrogens with two attached hydrogens (primary N) is 1. The van der Waals surface area contributed by atoms with Gasteiger partial charge in [-0.15, -0.1) is 0 Å². The van der Waals surface area contributed by atoms with E-state index in [1.807, 2.05) is 12.1 Å². The monoisotopic (exact) mass is 453 g/mol. The number of benzene rings is 2. The molecule has 0 radical (unpaired) electrons. The van der Waals surface area contributed by atoms with Gasteiger partial charge in [-0.25, -0.2) is 9.78 Å². The van der Waals surface area contributed by atoms with Crippen molar-refractivity contribution in [1.82, 2.24) is 9.97 Å². The summed E-state index contributed by atoms with van der Waals surface area (Å²) < 4.78 is 1.60. The van der Waals surface area contributed by atoms with Crippen LogP contribution in [0.15, 0.2) is 50.1 Å². The van der Waals surface area contributed by atoms with E-state index in [1.54, 1.807) is 25.1 Å². The van der Waals surface area contributed by atoms with E-state index in [-0.39, 0.29) is 16.8 Å². The van der Waals surface area contributed by atoms with E-state index in [0.717, 1.165) is 9.99 Å². The topological polar surface area (TPSA) is 109 Å². The Morgan fingerprint density at radius 2 is 1.79 bits per heavy atom. The Labute approximate surface area is 154 Å². The number of nitrogens with zero attached hydrogens (tertiary/aromatic N) is 1. The summed E-state index contributed by atoms with van der Waals surface area (Å²) in [7, 11) is 0. The second kappa shape index (κ2) is 7.59. The summed E-state index contributed by atoms with van der Waals surface area (Å²) in [5.74, 6) is -0.372. The summed E-state index contributed by atoms with van der Waals surface area (Å²) in [6.45, 7) is 1.77. The summed E-state index contributed by atoms with van der Waals surface area (Å²) in [6, 6.07) is 10.2. The van der Waals surface area contributed by atoms with Gasteiger partial charge in [-0.05, 0) is 43.3 Å². The normalized spacial score (nSPS) is 10.1. The van der Waals surface area contributed by atoms with Crippen LogP contribution in [0.2, 0.25) is 0 Å². The fourth-order valence-electron chi connectivity index (χ4n) is 1.94. The Morgan fingerprint density at radius 3 is 2.42 bits per heavy atom. The third-order valence-corrected chi connectivity index (χ3v) is 4.02. The Kier molecular flexibility index (Phi) is 5.74. The summed E-state index contributed by atoms with van der Waals surface area (Å²) in [4.78, 5) is 28.8. The predicted octanol–water partition coefficient (Wildman–Crippen LogP) is 3.72. The molecule has 2 aromatic carbocycles. The van der Waals surface area contributed by atoms with Crippen LogP contribution in [0, 0.1) is 6.92 Å². The van der Waals surface area contributed by atoms with Crippen molar-refractivity contribution in [2.45, 2.75) is 6.92 Å².